The smallest absolute Gasteiger partial charge is 0.310 e. The number of ether oxygens (including phenoxy) is 3. The summed E-state index contributed by atoms with van der Waals surface area (Å²) in [6.45, 7) is 5.12. The van der Waals surface area contributed by atoms with Crippen LogP contribution in [0.4, 0.5) is 5.69 Å². The van der Waals surface area contributed by atoms with Crippen molar-refractivity contribution in [3.8, 4) is 11.5 Å². The van der Waals surface area contributed by atoms with E-state index in [0.29, 0.717) is 13.2 Å². The molecule has 1 aliphatic rings. The summed E-state index contributed by atoms with van der Waals surface area (Å²) in [7, 11) is 1.40. The van der Waals surface area contributed by atoms with Crippen LogP contribution in [-0.4, -0.2) is 32.3 Å². The molecule has 0 saturated carbocycles. The summed E-state index contributed by atoms with van der Waals surface area (Å²) < 4.78 is 16.0. The number of hydrogen-bond acceptors (Lipinski definition) is 5. The zero-order chi connectivity index (χ0) is 14.5. The number of fused-ring (bicyclic) bond motifs is 1. The van der Waals surface area contributed by atoms with Gasteiger partial charge in [0.1, 0.15) is 0 Å². The Morgan fingerprint density at radius 1 is 1.25 bits per heavy atom. The number of hydrogen-bond donors (Lipinski definition) is 1. The largest absolute Gasteiger partial charge is 0.490 e. The fourth-order valence-electron chi connectivity index (χ4n) is 2.03. The molecule has 20 heavy (non-hydrogen) atoms. The molecule has 1 heterocycles. The van der Waals surface area contributed by atoms with Crippen molar-refractivity contribution in [3.05, 3.63) is 18.2 Å². The second kappa shape index (κ2) is 6.50. The summed E-state index contributed by atoms with van der Waals surface area (Å²) in [6.07, 6.45) is 0.882. The predicted molar refractivity (Wildman–Crippen MR) is 76.3 cm³/mol. The van der Waals surface area contributed by atoms with Crippen molar-refractivity contribution in [3.63, 3.8) is 0 Å². The van der Waals surface area contributed by atoms with Crippen LogP contribution >= 0.6 is 0 Å². The molecule has 2 atom stereocenters. The molecule has 110 valence electrons. The number of carbonyl (C=O) groups excluding carboxylic acids is 1. The van der Waals surface area contributed by atoms with Gasteiger partial charge in [0.2, 0.25) is 0 Å². The van der Waals surface area contributed by atoms with Crippen molar-refractivity contribution in [2.24, 2.45) is 5.92 Å². The fraction of sp³-hybridized carbons (Fsp3) is 0.533. The van der Waals surface area contributed by atoms with E-state index in [2.05, 4.69) is 5.32 Å². The first-order chi connectivity index (χ1) is 9.61. The molecule has 2 rings (SSSR count). The van der Waals surface area contributed by atoms with Crippen LogP contribution in [0.2, 0.25) is 0 Å². The lowest BCUT2D eigenvalue weighted by atomic mass is 10.0. The first-order valence-corrected chi connectivity index (χ1v) is 6.86. The fourth-order valence-corrected chi connectivity index (χ4v) is 2.03. The van der Waals surface area contributed by atoms with Gasteiger partial charge < -0.3 is 19.5 Å². The summed E-state index contributed by atoms with van der Waals surface area (Å²) in [5.74, 6) is 1.06. The van der Waals surface area contributed by atoms with Gasteiger partial charge in [-0.05, 0) is 26.0 Å². The summed E-state index contributed by atoms with van der Waals surface area (Å²) in [4.78, 5) is 11.5. The molecule has 0 saturated heterocycles. The Labute approximate surface area is 119 Å². The number of rotatable bonds is 4. The molecule has 1 N–H and O–H groups in total. The molecule has 0 aliphatic carbocycles. The van der Waals surface area contributed by atoms with Gasteiger partial charge in [0.15, 0.2) is 11.5 Å². The molecule has 1 aromatic rings. The first-order valence-electron chi connectivity index (χ1n) is 6.86. The van der Waals surface area contributed by atoms with Gasteiger partial charge in [0, 0.05) is 24.2 Å². The highest BCUT2D eigenvalue weighted by molar-refractivity contribution is 5.73. The molecule has 2 unspecified atom stereocenters. The number of esters is 1. The molecule has 0 bridgehead atoms. The molecule has 0 amide bonds. The van der Waals surface area contributed by atoms with Gasteiger partial charge in [0.25, 0.3) is 0 Å². The molecule has 0 aromatic heterocycles. The van der Waals surface area contributed by atoms with Crippen molar-refractivity contribution in [1.82, 2.24) is 0 Å². The average molecular weight is 279 g/mol. The van der Waals surface area contributed by atoms with Gasteiger partial charge in [-0.3, -0.25) is 4.79 Å². The van der Waals surface area contributed by atoms with Crippen LogP contribution in [0.25, 0.3) is 0 Å². The van der Waals surface area contributed by atoms with Gasteiger partial charge in [-0.25, -0.2) is 0 Å². The normalized spacial score (nSPS) is 16.8. The second-order valence-electron chi connectivity index (χ2n) is 4.96. The number of methoxy groups -OCH3 is 1. The summed E-state index contributed by atoms with van der Waals surface area (Å²) in [5, 5.41) is 3.29. The maximum absolute atomic E-state index is 11.5. The number of carbonyl (C=O) groups is 1. The lowest BCUT2D eigenvalue weighted by molar-refractivity contribution is -0.145. The van der Waals surface area contributed by atoms with Crippen LogP contribution in [0.5, 0.6) is 11.5 Å². The quantitative estimate of drug-likeness (QED) is 0.858. The van der Waals surface area contributed by atoms with E-state index in [9.17, 15) is 4.79 Å². The van der Waals surface area contributed by atoms with Crippen LogP contribution in [0, 0.1) is 5.92 Å². The van der Waals surface area contributed by atoms with Crippen molar-refractivity contribution >= 4 is 11.7 Å². The Morgan fingerprint density at radius 2 is 1.95 bits per heavy atom. The Kier molecular flexibility index (Phi) is 4.71. The van der Waals surface area contributed by atoms with E-state index in [0.717, 1.165) is 23.6 Å². The Hall–Kier alpha value is -1.91. The summed E-state index contributed by atoms with van der Waals surface area (Å²) >= 11 is 0. The molecular weight excluding hydrogens is 258 g/mol. The monoisotopic (exact) mass is 279 g/mol. The maximum atomic E-state index is 11.5. The van der Waals surface area contributed by atoms with Gasteiger partial charge in [0.05, 0.1) is 26.2 Å². The SMILES string of the molecule is COC(=O)C(C)C(C)Nc1ccc2c(c1)OCCCO2. The van der Waals surface area contributed by atoms with Crippen LogP contribution in [0.15, 0.2) is 18.2 Å². The van der Waals surface area contributed by atoms with Crippen molar-refractivity contribution in [2.75, 3.05) is 25.6 Å². The highest BCUT2D eigenvalue weighted by atomic mass is 16.5. The first kappa shape index (κ1) is 14.5. The van der Waals surface area contributed by atoms with Crippen LogP contribution < -0.4 is 14.8 Å². The highest BCUT2D eigenvalue weighted by Crippen LogP contribution is 2.32. The standard InChI is InChI=1S/C15H21NO4/c1-10(15(17)18-3)11(2)16-12-5-6-13-14(9-12)20-8-4-7-19-13/h5-6,9-11,16H,4,7-8H2,1-3H3. The average Bonchev–Trinajstić information content (AvgIpc) is 2.70. The minimum absolute atomic E-state index is 0.0350. The Bertz CT molecular complexity index is 475. The molecule has 0 spiro atoms. The molecule has 1 aromatic carbocycles. The van der Waals surface area contributed by atoms with E-state index < -0.39 is 0 Å². The van der Waals surface area contributed by atoms with Crippen molar-refractivity contribution < 1.29 is 19.0 Å². The summed E-state index contributed by atoms with van der Waals surface area (Å²) in [5.41, 5.74) is 0.900. The molecule has 0 fully saturated rings. The summed E-state index contributed by atoms with van der Waals surface area (Å²) in [6, 6.07) is 5.68. The third kappa shape index (κ3) is 3.35. The molecular formula is C15H21NO4. The zero-order valence-electron chi connectivity index (χ0n) is 12.1. The van der Waals surface area contributed by atoms with E-state index in [1.807, 2.05) is 32.0 Å². The molecule has 5 nitrogen and oxygen atoms in total. The van der Waals surface area contributed by atoms with E-state index in [-0.39, 0.29) is 17.9 Å². The molecule has 0 radical (unpaired) electrons. The van der Waals surface area contributed by atoms with Crippen LogP contribution in [0.1, 0.15) is 20.3 Å². The number of nitrogens with one attached hydrogen (secondary N) is 1. The van der Waals surface area contributed by atoms with Crippen LogP contribution in [0.3, 0.4) is 0 Å². The van der Waals surface area contributed by atoms with Crippen LogP contribution in [-0.2, 0) is 9.53 Å². The highest BCUT2D eigenvalue weighted by Gasteiger charge is 2.21. The minimum atomic E-state index is -0.226. The van der Waals surface area contributed by atoms with E-state index in [1.54, 1.807) is 0 Å². The topological polar surface area (TPSA) is 56.8 Å². The lowest BCUT2D eigenvalue weighted by Crippen LogP contribution is -2.30. The van der Waals surface area contributed by atoms with Gasteiger partial charge >= 0.3 is 5.97 Å². The maximum Gasteiger partial charge on any atom is 0.310 e. The third-order valence-corrected chi connectivity index (χ3v) is 3.46. The molecule has 1 aliphatic heterocycles. The lowest BCUT2D eigenvalue weighted by Gasteiger charge is -2.21. The van der Waals surface area contributed by atoms with Crippen molar-refractivity contribution in [2.45, 2.75) is 26.3 Å². The van der Waals surface area contributed by atoms with Gasteiger partial charge in [-0.1, -0.05) is 0 Å². The Morgan fingerprint density at radius 3 is 2.65 bits per heavy atom. The number of benzene rings is 1. The predicted octanol–water partition coefficient (Wildman–Crippen LogP) is 2.46. The minimum Gasteiger partial charge on any atom is -0.490 e. The third-order valence-electron chi connectivity index (χ3n) is 3.46. The zero-order valence-corrected chi connectivity index (χ0v) is 12.1. The van der Waals surface area contributed by atoms with E-state index in [1.165, 1.54) is 7.11 Å². The van der Waals surface area contributed by atoms with Gasteiger partial charge in [-0.2, -0.15) is 0 Å². The number of anilines is 1. The van der Waals surface area contributed by atoms with Crippen molar-refractivity contribution in [1.29, 1.82) is 0 Å². The van der Waals surface area contributed by atoms with E-state index in [4.69, 9.17) is 14.2 Å². The second-order valence-corrected chi connectivity index (χ2v) is 4.96. The Balaban J connectivity index is 2.06. The van der Waals surface area contributed by atoms with E-state index >= 15 is 0 Å². The van der Waals surface area contributed by atoms with Gasteiger partial charge in [-0.15, -0.1) is 0 Å². The molecule has 5 heteroatoms.